The van der Waals surface area contributed by atoms with Crippen LogP contribution < -0.4 is 10.1 Å². The first-order valence-corrected chi connectivity index (χ1v) is 8.62. The summed E-state index contributed by atoms with van der Waals surface area (Å²) in [6.07, 6.45) is 6.53. The molecule has 0 spiro atoms. The smallest absolute Gasteiger partial charge is 0.223 e. The van der Waals surface area contributed by atoms with Crippen molar-refractivity contribution in [3.63, 3.8) is 0 Å². The van der Waals surface area contributed by atoms with Crippen LogP contribution in [0, 0.1) is 12.7 Å². The zero-order valence-corrected chi connectivity index (χ0v) is 14.1. The first-order valence-electron chi connectivity index (χ1n) is 8.62. The van der Waals surface area contributed by atoms with Gasteiger partial charge >= 0.3 is 0 Å². The van der Waals surface area contributed by atoms with Crippen LogP contribution in [-0.4, -0.2) is 23.3 Å². The molecule has 5 nitrogen and oxygen atoms in total. The zero-order chi connectivity index (χ0) is 16.8. The predicted molar refractivity (Wildman–Crippen MR) is 88.3 cm³/mol. The lowest BCUT2D eigenvalue weighted by molar-refractivity contribution is 0.205. The van der Waals surface area contributed by atoms with Gasteiger partial charge in [0.2, 0.25) is 5.89 Å². The molecule has 1 aromatic heterocycles. The third-order valence-corrected chi connectivity index (χ3v) is 4.53. The van der Waals surface area contributed by atoms with Crippen LogP contribution in [0.1, 0.15) is 50.2 Å². The Hall–Kier alpha value is -1.95. The highest BCUT2D eigenvalue weighted by atomic mass is 19.1. The second-order valence-electron chi connectivity index (χ2n) is 6.36. The molecule has 1 aliphatic rings. The van der Waals surface area contributed by atoms with Crippen molar-refractivity contribution >= 4 is 0 Å². The number of hydrogen-bond acceptors (Lipinski definition) is 5. The van der Waals surface area contributed by atoms with E-state index >= 15 is 0 Å². The lowest BCUT2D eigenvalue weighted by atomic mass is 9.81. The van der Waals surface area contributed by atoms with E-state index < -0.39 is 0 Å². The fraction of sp³-hybridized carbons (Fsp3) is 0.556. The second-order valence-corrected chi connectivity index (χ2v) is 6.36. The normalized spacial score (nSPS) is 16.9. The van der Waals surface area contributed by atoms with Crippen molar-refractivity contribution in [2.45, 2.75) is 51.0 Å². The van der Waals surface area contributed by atoms with E-state index in [1.54, 1.807) is 12.1 Å². The SMILES string of the molecule is Cc1nc(C2(NCCCOc3ccc(F)cc3)CCCCC2)no1. The van der Waals surface area contributed by atoms with E-state index in [0.29, 0.717) is 18.2 Å². The maximum Gasteiger partial charge on any atom is 0.223 e. The number of nitrogens with zero attached hydrogens (tertiary/aromatic N) is 2. The molecule has 0 bridgehead atoms. The molecule has 1 heterocycles. The molecule has 1 aliphatic carbocycles. The zero-order valence-electron chi connectivity index (χ0n) is 14.1. The van der Waals surface area contributed by atoms with E-state index in [4.69, 9.17) is 9.26 Å². The molecule has 0 unspecified atom stereocenters. The van der Waals surface area contributed by atoms with Gasteiger partial charge in [-0.1, -0.05) is 24.4 Å². The van der Waals surface area contributed by atoms with Crippen LogP contribution in [0.25, 0.3) is 0 Å². The van der Waals surface area contributed by atoms with E-state index in [1.807, 2.05) is 6.92 Å². The fourth-order valence-electron chi connectivity index (χ4n) is 3.25. The second kappa shape index (κ2) is 7.75. The molecular formula is C18H24FN3O2. The number of aryl methyl sites for hydroxylation is 1. The van der Waals surface area contributed by atoms with Crippen LogP contribution in [0.4, 0.5) is 4.39 Å². The molecule has 0 aliphatic heterocycles. The Morgan fingerprint density at radius 2 is 1.96 bits per heavy atom. The number of benzene rings is 1. The molecule has 3 rings (SSSR count). The minimum absolute atomic E-state index is 0.175. The minimum Gasteiger partial charge on any atom is -0.494 e. The van der Waals surface area contributed by atoms with Crippen molar-refractivity contribution in [1.29, 1.82) is 0 Å². The summed E-state index contributed by atoms with van der Waals surface area (Å²) in [6, 6.07) is 6.10. The van der Waals surface area contributed by atoms with Crippen LogP contribution in [-0.2, 0) is 5.54 Å². The van der Waals surface area contributed by atoms with Gasteiger partial charge in [0.25, 0.3) is 0 Å². The largest absolute Gasteiger partial charge is 0.494 e. The van der Waals surface area contributed by atoms with E-state index in [2.05, 4.69) is 15.5 Å². The maximum atomic E-state index is 12.9. The van der Waals surface area contributed by atoms with E-state index in [-0.39, 0.29) is 11.4 Å². The average Bonchev–Trinajstić information content (AvgIpc) is 3.04. The van der Waals surface area contributed by atoms with Gasteiger partial charge in [-0.3, -0.25) is 0 Å². The molecule has 1 saturated carbocycles. The summed E-state index contributed by atoms with van der Waals surface area (Å²) >= 11 is 0. The first-order chi connectivity index (χ1) is 11.7. The first kappa shape index (κ1) is 16.9. The number of hydrogen-bond donors (Lipinski definition) is 1. The number of nitrogens with one attached hydrogen (secondary N) is 1. The monoisotopic (exact) mass is 333 g/mol. The third-order valence-electron chi connectivity index (χ3n) is 4.53. The summed E-state index contributed by atoms with van der Waals surface area (Å²) in [7, 11) is 0. The summed E-state index contributed by atoms with van der Waals surface area (Å²) in [6.45, 7) is 3.22. The lowest BCUT2D eigenvalue weighted by Crippen LogP contribution is -2.45. The van der Waals surface area contributed by atoms with E-state index in [1.165, 1.54) is 31.4 Å². The van der Waals surface area contributed by atoms with Crippen LogP contribution in [0.3, 0.4) is 0 Å². The van der Waals surface area contributed by atoms with Crippen LogP contribution in [0.5, 0.6) is 5.75 Å². The number of ether oxygens (including phenoxy) is 1. The van der Waals surface area contributed by atoms with Gasteiger partial charge in [0.05, 0.1) is 12.1 Å². The van der Waals surface area contributed by atoms with Crippen molar-refractivity contribution in [1.82, 2.24) is 15.5 Å². The highest BCUT2D eigenvalue weighted by Crippen LogP contribution is 2.35. The van der Waals surface area contributed by atoms with E-state index in [9.17, 15) is 4.39 Å². The quantitative estimate of drug-likeness (QED) is 0.782. The molecule has 1 fully saturated rings. The van der Waals surface area contributed by atoms with Gasteiger partial charge in [0.1, 0.15) is 11.6 Å². The summed E-state index contributed by atoms with van der Waals surface area (Å²) in [5.74, 6) is 1.83. The summed E-state index contributed by atoms with van der Waals surface area (Å²) < 4.78 is 23.7. The van der Waals surface area contributed by atoms with Gasteiger partial charge < -0.3 is 14.6 Å². The Balaban J connectivity index is 1.50. The Labute approximate surface area is 141 Å². The standard InChI is InChI=1S/C18H24FN3O2/c1-14-21-17(22-24-14)18(10-3-2-4-11-18)20-12-5-13-23-16-8-6-15(19)7-9-16/h6-9,20H,2-5,10-13H2,1H3. The summed E-state index contributed by atoms with van der Waals surface area (Å²) in [5.41, 5.74) is -0.175. The molecule has 1 N–H and O–H groups in total. The molecule has 0 amide bonds. The van der Waals surface area contributed by atoms with Gasteiger partial charge in [-0.05, 0) is 50.1 Å². The molecule has 0 atom stereocenters. The minimum atomic E-state index is -0.251. The fourth-order valence-corrected chi connectivity index (χ4v) is 3.25. The van der Waals surface area contributed by atoms with Crippen LogP contribution in [0.15, 0.2) is 28.8 Å². The highest BCUT2D eigenvalue weighted by molar-refractivity contribution is 5.21. The molecule has 130 valence electrons. The predicted octanol–water partition coefficient (Wildman–Crippen LogP) is 3.74. The van der Waals surface area contributed by atoms with Gasteiger partial charge in [0, 0.05) is 6.92 Å². The Morgan fingerprint density at radius 3 is 2.62 bits per heavy atom. The van der Waals surface area contributed by atoms with E-state index in [0.717, 1.165) is 31.6 Å². The van der Waals surface area contributed by atoms with Crippen molar-refractivity contribution in [2.75, 3.05) is 13.2 Å². The van der Waals surface area contributed by atoms with Crippen molar-refractivity contribution in [3.8, 4) is 5.75 Å². The van der Waals surface area contributed by atoms with Crippen molar-refractivity contribution < 1.29 is 13.7 Å². The number of aromatic nitrogens is 2. The number of halogens is 1. The maximum absolute atomic E-state index is 12.9. The highest BCUT2D eigenvalue weighted by Gasteiger charge is 2.37. The Bertz CT molecular complexity index is 636. The van der Waals surface area contributed by atoms with Gasteiger partial charge in [-0.15, -0.1) is 0 Å². The lowest BCUT2D eigenvalue weighted by Gasteiger charge is -2.35. The Morgan fingerprint density at radius 1 is 1.21 bits per heavy atom. The molecule has 6 heteroatoms. The summed E-state index contributed by atoms with van der Waals surface area (Å²) in [5, 5.41) is 7.79. The number of rotatable bonds is 7. The van der Waals surface area contributed by atoms with Crippen LogP contribution >= 0.6 is 0 Å². The molecular weight excluding hydrogens is 309 g/mol. The van der Waals surface area contributed by atoms with Gasteiger partial charge in [-0.2, -0.15) is 4.98 Å². The third kappa shape index (κ3) is 4.12. The molecule has 1 aromatic carbocycles. The van der Waals surface area contributed by atoms with Gasteiger partial charge in [0.15, 0.2) is 5.82 Å². The molecule has 0 radical (unpaired) electrons. The summed E-state index contributed by atoms with van der Waals surface area (Å²) in [4.78, 5) is 4.45. The van der Waals surface area contributed by atoms with Crippen molar-refractivity contribution in [3.05, 3.63) is 41.8 Å². The molecule has 24 heavy (non-hydrogen) atoms. The van der Waals surface area contributed by atoms with Crippen molar-refractivity contribution in [2.24, 2.45) is 0 Å². The molecule has 0 saturated heterocycles. The van der Waals surface area contributed by atoms with Crippen LogP contribution in [0.2, 0.25) is 0 Å². The average molecular weight is 333 g/mol. The van der Waals surface area contributed by atoms with Gasteiger partial charge in [-0.25, -0.2) is 4.39 Å². The Kier molecular flexibility index (Phi) is 5.45. The topological polar surface area (TPSA) is 60.2 Å². The molecule has 2 aromatic rings.